The Balaban J connectivity index is 1.69. The van der Waals surface area contributed by atoms with Crippen molar-refractivity contribution in [3.05, 3.63) is 71.2 Å². The number of halogens is 1. The second kappa shape index (κ2) is 9.62. The first kappa shape index (κ1) is 22.2. The lowest BCUT2D eigenvalue weighted by Gasteiger charge is -2.12. The quantitative estimate of drug-likeness (QED) is 0.393. The summed E-state index contributed by atoms with van der Waals surface area (Å²) in [5.41, 5.74) is 1.94. The molecule has 0 atom stereocenters. The normalized spacial score (nSPS) is 10.5. The second-order valence-electron chi connectivity index (χ2n) is 6.82. The Labute approximate surface area is 195 Å². The predicted molar refractivity (Wildman–Crippen MR) is 124 cm³/mol. The number of methoxy groups -OCH3 is 3. The third-order valence-electron chi connectivity index (χ3n) is 4.87. The summed E-state index contributed by atoms with van der Waals surface area (Å²) in [5.74, 6) is 1.49. The number of rotatable bonds is 7. The Kier molecular flexibility index (Phi) is 6.46. The molecule has 4 rings (SSSR count). The highest BCUT2D eigenvalue weighted by Gasteiger charge is 2.21. The van der Waals surface area contributed by atoms with Crippen LogP contribution in [-0.4, -0.2) is 37.4 Å². The largest absolute Gasteiger partial charge is 0.493 e. The molecule has 0 saturated heterocycles. The van der Waals surface area contributed by atoms with Gasteiger partial charge in [-0.3, -0.25) is 4.79 Å². The van der Waals surface area contributed by atoms with Gasteiger partial charge in [-0.05, 0) is 36.4 Å². The predicted octanol–water partition coefficient (Wildman–Crippen LogP) is 5.34. The number of nitrogens with one attached hydrogen (secondary N) is 1. The summed E-state index contributed by atoms with van der Waals surface area (Å²) in [6.45, 7) is 0. The van der Waals surface area contributed by atoms with Gasteiger partial charge in [0.05, 0.1) is 43.2 Å². The molecule has 168 valence electrons. The maximum Gasteiger partial charge on any atom is 0.259 e. The van der Waals surface area contributed by atoms with Crippen LogP contribution < -0.4 is 19.5 Å². The SMILES string of the molecule is COc1cc(-c2noc(-c3ccccc3C(=O)Nc3ccccc3Cl)n2)cc(OC)c1OC. The van der Waals surface area contributed by atoms with E-state index in [-0.39, 0.29) is 11.8 Å². The van der Waals surface area contributed by atoms with Gasteiger partial charge in [-0.1, -0.05) is 41.0 Å². The highest BCUT2D eigenvalue weighted by molar-refractivity contribution is 6.34. The molecular weight excluding hydrogens is 446 g/mol. The van der Waals surface area contributed by atoms with Crippen LogP contribution in [0.2, 0.25) is 5.02 Å². The van der Waals surface area contributed by atoms with Crippen molar-refractivity contribution < 1.29 is 23.5 Å². The minimum absolute atomic E-state index is 0.184. The number of aromatic nitrogens is 2. The van der Waals surface area contributed by atoms with Crippen molar-refractivity contribution in [2.24, 2.45) is 0 Å². The second-order valence-corrected chi connectivity index (χ2v) is 7.22. The number of nitrogens with zero attached hydrogens (tertiary/aromatic N) is 2. The summed E-state index contributed by atoms with van der Waals surface area (Å²) in [6.07, 6.45) is 0. The van der Waals surface area contributed by atoms with E-state index in [1.54, 1.807) is 60.7 Å². The first-order chi connectivity index (χ1) is 16.0. The highest BCUT2D eigenvalue weighted by atomic mass is 35.5. The topological polar surface area (TPSA) is 95.7 Å². The molecule has 0 spiro atoms. The van der Waals surface area contributed by atoms with Gasteiger partial charge in [-0.2, -0.15) is 4.98 Å². The van der Waals surface area contributed by atoms with Gasteiger partial charge in [0.25, 0.3) is 11.8 Å². The third kappa shape index (κ3) is 4.47. The molecule has 1 amide bonds. The van der Waals surface area contributed by atoms with Gasteiger partial charge in [0.2, 0.25) is 11.6 Å². The number of ether oxygens (including phenoxy) is 3. The lowest BCUT2D eigenvalue weighted by molar-refractivity contribution is 0.102. The first-order valence-electron chi connectivity index (χ1n) is 9.85. The minimum Gasteiger partial charge on any atom is -0.493 e. The van der Waals surface area contributed by atoms with Crippen LogP contribution in [0.15, 0.2) is 65.2 Å². The molecule has 0 aliphatic carbocycles. The summed E-state index contributed by atoms with van der Waals surface area (Å²) in [6, 6.07) is 17.4. The number of para-hydroxylation sites is 1. The molecule has 1 N–H and O–H groups in total. The van der Waals surface area contributed by atoms with Crippen LogP contribution in [0.25, 0.3) is 22.8 Å². The molecule has 33 heavy (non-hydrogen) atoms. The fourth-order valence-corrected chi connectivity index (χ4v) is 3.46. The Morgan fingerprint density at radius 2 is 1.61 bits per heavy atom. The standard InChI is InChI=1S/C24H20ClN3O5/c1-30-19-12-14(13-20(31-2)21(19)32-3)22-27-24(33-28-22)16-9-5-4-8-15(16)23(29)26-18-11-7-6-10-17(18)25/h4-13H,1-3H3,(H,26,29). The fourth-order valence-electron chi connectivity index (χ4n) is 3.28. The average molecular weight is 466 g/mol. The molecule has 0 fully saturated rings. The molecule has 8 nitrogen and oxygen atoms in total. The number of carbonyl (C=O) groups excluding carboxylic acids is 1. The van der Waals surface area contributed by atoms with E-state index in [1.165, 1.54) is 21.3 Å². The van der Waals surface area contributed by atoms with E-state index in [1.807, 2.05) is 0 Å². The molecule has 0 radical (unpaired) electrons. The number of carbonyl (C=O) groups is 1. The average Bonchev–Trinajstić information content (AvgIpc) is 3.34. The van der Waals surface area contributed by atoms with E-state index < -0.39 is 0 Å². The van der Waals surface area contributed by atoms with E-state index in [0.717, 1.165) is 0 Å². The van der Waals surface area contributed by atoms with Crippen molar-refractivity contribution in [3.63, 3.8) is 0 Å². The summed E-state index contributed by atoms with van der Waals surface area (Å²) in [5, 5.41) is 7.32. The van der Waals surface area contributed by atoms with Crippen molar-refractivity contribution in [1.29, 1.82) is 0 Å². The van der Waals surface area contributed by atoms with E-state index in [0.29, 0.717) is 50.5 Å². The zero-order chi connectivity index (χ0) is 23.4. The molecule has 0 unspecified atom stereocenters. The van der Waals surface area contributed by atoms with Crippen molar-refractivity contribution in [3.8, 4) is 40.1 Å². The van der Waals surface area contributed by atoms with Crippen molar-refractivity contribution in [1.82, 2.24) is 10.1 Å². The van der Waals surface area contributed by atoms with Crippen LogP contribution in [0.5, 0.6) is 17.2 Å². The molecule has 4 aromatic rings. The van der Waals surface area contributed by atoms with E-state index in [2.05, 4.69) is 15.5 Å². The molecule has 0 aliphatic heterocycles. The van der Waals surface area contributed by atoms with E-state index in [9.17, 15) is 4.79 Å². The highest BCUT2D eigenvalue weighted by Crippen LogP contribution is 2.41. The third-order valence-corrected chi connectivity index (χ3v) is 5.20. The van der Waals surface area contributed by atoms with Gasteiger partial charge in [0.1, 0.15) is 0 Å². The van der Waals surface area contributed by atoms with Gasteiger partial charge in [-0.15, -0.1) is 0 Å². The molecule has 0 aliphatic rings. The van der Waals surface area contributed by atoms with Crippen LogP contribution >= 0.6 is 11.6 Å². The van der Waals surface area contributed by atoms with Gasteiger partial charge in [-0.25, -0.2) is 0 Å². The van der Waals surface area contributed by atoms with Gasteiger partial charge < -0.3 is 24.1 Å². The van der Waals surface area contributed by atoms with E-state index >= 15 is 0 Å². The lowest BCUT2D eigenvalue weighted by atomic mass is 10.1. The lowest BCUT2D eigenvalue weighted by Crippen LogP contribution is -2.13. The molecular formula is C24H20ClN3O5. The zero-order valence-corrected chi connectivity index (χ0v) is 18.8. The molecule has 1 heterocycles. The summed E-state index contributed by atoms with van der Waals surface area (Å²) in [7, 11) is 4.57. The number of amides is 1. The number of anilines is 1. The van der Waals surface area contributed by atoms with Gasteiger partial charge in [0, 0.05) is 5.56 Å². The zero-order valence-electron chi connectivity index (χ0n) is 18.1. The molecule has 0 saturated carbocycles. The van der Waals surface area contributed by atoms with Crippen LogP contribution in [0.1, 0.15) is 10.4 Å². The number of hydrogen-bond donors (Lipinski definition) is 1. The molecule has 9 heteroatoms. The Morgan fingerprint density at radius 1 is 0.939 bits per heavy atom. The van der Waals surface area contributed by atoms with Crippen molar-refractivity contribution in [2.75, 3.05) is 26.6 Å². The Bertz CT molecular complexity index is 1280. The molecule has 3 aromatic carbocycles. The summed E-state index contributed by atoms with van der Waals surface area (Å²) in [4.78, 5) is 17.5. The van der Waals surface area contributed by atoms with Crippen molar-refractivity contribution in [2.45, 2.75) is 0 Å². The maximum absolute atomic E-state index is 13.0. The van der Waals surface area contributed by atoms with Crippen LogP contribution in [0, 0.1) is 0 Å². The molecule has 1 aromatic heterocycles. The monoisotopic (exact) mass is 465 g/mol. The summed E-state index contributed by atoms with van der Waals surface area (Å²) >= 11 is 6.17. The van der Waals surface area contributed by atoms with Gasteiger partial charge in [0.15, 0.2) is 11.5 Å². The first-order valence-corrected chi connectivity index (χ1v) is 10.2. The maximum atomic E-state index is 13.0. The van der Waals surface area contributed by atoms with Crippen LogP contribution in [-0.2, 0) is 0 Å². The van der Waals surface area contributed by atoms with Gasteiger partial charge >= 0.3 is 0 Å². The van der Waals surface area contributed by atoms with Crippen molar-refractivity contribution >= 4 is 23.2 Å². The number of benzene rings is 3. The minimum atomic E-state index is -0.355. The summed E-state index contributed by atoms with van der Waals surface area (Å²) < 4.78 is 21.6. The van der Waals surface area contributed by atoms with Crippen LogP contribution in [0.4, 0.5) is 5.69 Å². The number of hydrogen-bond acceptors (Lipinski definition) is 7. The fraction of sp³-hybridized carbons (Fsp3) is 0.125. The van der Waals surface area contributed by atoms with E-state index in [4.69, 9.17) is 30.3 Å². The molecule has 0 bridgehead atoms. The van der Waals surface area contributed by atoms with Crippen LogP contribution in [0.3, 0.4) is 0 Å². The Hall–Kier alpha value is -4.04. The smallest absolute Gasteiger partial charge is 0.259 e. The Morgan fingerprint density at radius 3 is 2.27 bits per heavy atom.